The lowest BCUT2D eigenvalue weighted by Crippen LogP contribution is -1.96. The van der Waals surface area contributed by atoms with E-state index in [0.717, 1.165) is 17.0 Å². The minimum Gasteiger partial charge on any atom is -0.267 e. The van der Waals surface area contributed by atoms with Crippen LogP contribution in [0.1, 0.15) is 0 Å². The van der Waals surface area contributed by atoms with Crippen LogP contribution in [0.2, 0.25) is 0 Å². The molecule has 8 heteroatoms. The van der Waals surface area contributed by atoms with E-state index < -0.39 is 4.92 Å². The summed E-state index contributed by atoms with van der Waals surface area (Å²) in [6.07, 6.45) is 0. The van der Waals surface area contributed by atoms with E-state index in [1.165, 1.54) is 6.07 Å². The number of aromatic nitrogens is 3. The highest BCUT2D eigenvalue weighted by Crippen LogP contribution is 2.32. The molecule has 0 atom stereocenters. The summed E-state index contributed by atoms with van der Waals surface area (Å²) in [6.45, 7) is 0. The van der Waals surface area contributed by atoms with E-state index in [1.54, 1.807) is 10.6 Å². The molecule has 100 valence electrons. The summed E-state index contributed by atoms with van der Waals surface area (Å²) >= 11 is 6.30. The SMILES string of the molecule is O=[N+]([O-])c1ccc(-c2n[nH]c(=S)n2-c2ccccc2)s1. The molecule has 1 N–H and O–H groups in total. The average molecular weight is 304 g/mol. The van der Waals surface area contributed by atoms with Crippen molar-refractivity contribution in [3.8, 4) is 16.4 Å². The molecule has 0 radical (unpaired) electrons. The maximum atomic E-state index is 10.8. The molecule has 0 saturated carbocycles. The molecule has 0 bridgehead atoms. The van der Waals surface area contributed by atoms with Gasteiger partial charge in [-0.3, -0.25) is 19.8 Å². The van der Waals surface area contributed by atoms with Crippen molar-refractivity contribution in [2.75, 3.05) is 0 Å². The summed E-state index contributed by atoms with van der Waals surface area (Å²) in [7, 11) is 0. The number of nitrogens with one attached hydrogen (secondary N) is 1. The van der Waals surface area contributed by atoms with Crippen LogP contribution in [0.4, 0.5) is 5.00 Å². The molecule has 0 aliphatic carbocycles. The Morgan fingerprint density at radius 1 is 1.25 bits per heavy atom. The molecule has 3 rings (SSSR count). The molecule has 0 unspecified atom stereocenters. The van der Waals surface area contributed by atoms with Gasteiger partial charge in [0, 0.05) is 11.8 Å². The summed E-state index contributed by atoms with van der Waals surface area (Å²) in [5.41, 5.74) is 0.859. The fraction of sp³-hybridized carbons (Fsp3) is 0. The van der Waals surface area contributed by atoms with Gasteiger partial charge in [-0.1, -0.05) is 29.5 Å². The van der Waals surface area contributed by atoms with Crippen molar-refractivity contribution in [1.29, 1.82) is 0 Å². The topological polar surface area (TPSA) is 76.8 Å². The molecule has 2 heterocycles. The van der Waals surface area contributed by atoms with Crippen LogP contribution in [0.5, 0.6) is 0 Å². The fourth-order valence-electron chi connectivity index (χ4n) is 1.82. The van der Waals surface area contributed by atoms with Crippen molar-refractivity contribution in [2.24, 2.45) is 0 Å². The van der Waals surface area contributed by atoms with E-state index in [4.69, 9.17) is 12.2 Å². The first kappa shape index (κ1) is 12.7. The molecule has 0 spiro atoms. The van der Waals surface area contributed by atoms with Gasteiger partial charge in [0.1, 0.15) is 0 Å². The van der Waals surface area contributed by atoms with Gasteiger partial charge >= 0.3 is 5.00 Å². The van der Waals surface area contributed by atoms with Crippen LogP contribution in [-0.4, -0.2) is 19.7 Å². The van der Waals surface area contributed by atoms with E-state index in [-0.39, 0.29) is 5.00 Å². The second-order valence-corrected chi connectivity index (χ2v) is 5.37. The van der Waals surface area contributed by atoms with Gasteiger partial charge in [-0.2, -0.15) is 5.10 Å². The lowest BCUT2D eigenvalue weighted by molar-refractivity contribution is -0.380. The molecule has 20 heavy (non-hydrogen) atoms. The average Bonchev–Trinajstić information content (AvgIpc) is 3.06. The van der Waals surface area contributed by atoms with Crippen LogP contribution in [0.25, 0.3) is 16.4 Å². The normalized spacial score (nSPS) is 10.6. The molecule has 0 saturated heterocycles. The van der Waals surface area contributed by atoms with E-state index in [9.17, 15) is 10.1 Å². The zero-order valence-electron chi connectivity index (χ0n) is 10.0. The van der Waals surface area contributed by atoms with Crippen LogP contribution in [0.3, 0.4) is 0 Å². The van der Waals surface area contributed by atoms with Gasteiger partial charge in [-0.05, 0) is 30.4 Å². The molecule has 0 aliphatic heterocycles. The molecular formula is C12H8N4O2S2. The lowest BCUT2D eigenvalue weighted by Gasteiger charge is -2.04. The van der Waals surface area contributed by atoms with E-state index in [0.29, 0.717) is 15.5 Å². The smallest absolute Gasteiger partial charge is 0.267 e. The largest absolute Gasteiger partial charge is 0.324 e. The quantitative estimate of drug-likeness (QED) is 0.456. The highest BCUT2D eigenvalue weighted by Gasteiger charge is 2.16. The molecule has 3 aromatic rings. The fourth-order valence-corrected chi connectivity index (χ4v) is 2.86. The number of hydrogen-bond donors (Lipinski definition) is 1. The lowest BCUT2D eigenvalue weighted by atomic mass is 10.3. The number of para-hydroxylation sites is 1. The van der Waals surface area contributed by atoms with Crippen molar-refractivity contribution in [3.63, 3.8) is 0 Å². The third kappa shape index (κ3) is 2.15. The van der Waals surface area contributed by atoms with E-state index in [1.807, 2.05) is 30.3 Å². The monoisotopic (exact) mass is 304 g/mol. The van der Waals surface area contributed by atoms with Crippen LogP contribution in [0.15, 0.2) is 42.5 Å². The highest BCUT2D eigenvalue weighted by molar-refractivity contribution is 7.71. The second kappa shape index (κ2) is 4.99. The Balaban J connectivity index is 2.16. The van der Waals surface area contributed by atoms with Gasteiger partial charge in [-0.15, -0.1) is 0 Å². The third-order valence-electron chi connectivity index (χ3n) is 2.68. The van der Waals surface area contributed by atoms with Crippen molar-refractivity contribution >= 4 is 28.6 Å². The van der Waals surface area contributed by atoms with Crippen LogP contribution in [0, 0.1) is 14.9 Å². The van der Waals surface area contributed by atoms with E-state index >= 15 is 0 Å². The van der Waals surface area contributed by atoms with Crippen LogP contribution >= 0.6 is 23.6 Å². The summed E-state index contributed by atoms with van der Waals surface area (Å²) in [4.78, 5) is 11.0. The standard InChI is InChI=1S/C12H8N4O2S2/c17-16(18)10-7-6-9(20-10)11-13-14-12(19)15(11)8-4-2-1-3-5-8/h1-7H,(H,14,19). The molecule has 2 aromatic heterocycles. The van der Waals surface area contributed by atoms with Gasteiger partial charge in [0.05, 0.1) is 9.80 Å². The number of hydrogen-bond acceptors (Lipinski definition) is 5. The Bertz CT molecular complexity index is 819. The predicted molar refractivity (Wildman–Crippen MR) is 78.7 cm³/mol. The second-order valence-electron chi connectivity index (χ2n) is 3.92. The first-order valence-corrected chi connectivity index (χ1v) is 6.87. The zero-order chi connectivity index (χ0) is 14.1. The number of H-pyrrole nitrogens is 1. The minimum absolute atomic E-state index is 0.0773. The number of benzene rings is 1. The molecule has 6 nitrogen and oxygen atoms in total. The van der Waals surface area contributed by atoms with Crippen LogP contribution in [-0.2, 0) is 0 Å². The molecule has 1 aromatic carbocycles. The molecule has 0 aliphatic rings. The zero-order valence-corrected chi connectivity index (χ0v) is 11.6. The van der Waals surface area contributed by atoms with Gasteiger partial charge in [-0.25, -0.2) is 0 Å². The highest BCUT2D eigenvalue weighted by atomic mass is 32.1. The minimum atomic E-state index is -0.414. The van der Waals surface area contributed by atoms with Crippen molar-refractivity contribution in [3.05, 3.63) is 57.3 Å². The Labute approximate surface area is 122 Å². The molecule has 0 fully saturated rings. The number of aromatic amines is 1. The summed E-state index contributed by atoms with van der Waals surface area (Å²) in [5, 5.41) is 17.7. The molecule has 0 amide bonds. The van der Waals surface area contributed by atoms with Gasteiger partial charge in [0.2, 0.25) is 0 Å². The maximum absolute atomic E-state index is 10.8. The Kier molecular flexibility index (Phi) is 3.17. The number of nitrogens with zero attached hydrogens (tertiary/aromatic N) is 3. The summed E-state index contributed by atoms with van der Waals surface area (Å²) in [5.74, 6) is 0.569. The van der Waals surface area contributed by atoms with Crippen molar-refractivity contribution in [1.82, 2.24) is 14.8 Å². The van der Waals surface area contributed by atoms with Gasteiger partial charge < -0.3 is 0 Å². The summed E-state index contributed by atoms with van der Waals surface area (Å²) < 4.78 is 2.20. The Morgan fingerprint density at radius 3 is 2.65 bits per heavy atom. The van der Waals surface area contributed by atoms with Gasteiger partial charge in [0.25, 0.3) is 0 Å². The number of thiophene rings is 1. The van der Waals surface area contributed by atoms with Gasteiger partial charge in [0.15, 0.2) is 10.6 Å². The number of nitro groups is 1. The predicted octanol–water partition coefficient (Wildman–Crippen LogP) is 3.57. The Morgan fingerprint density at radius 2 is 2.00 bits per heavy atom. The Hall–Kier alpha value is -2.32. The molecular weight excluding hydrogens is 296 g/mol. The first-order valence-electron chi connectivity index (χ1n) is 5.64. The first-order chi connectivity index (χ1) is 9.66. The van der Waals surface area contributed by atoms with E-state index in [2.05, 4.69) is 10.2 Å². The number of rotatable bonds is 3. The van der Waals surface area contributed by atoms with Crippen molar-refractivity contribution < 1.29 is 4.92 Å². The third-order valence-corrected chi connectivity index (χ3v) is 3.99. The maximum Gasteiger partial charge on any atom is 0.324 e. The van der Waals surface area contributed by atoms with Crippen LogP contribution < -0.4 is 0 Å². The van der Waals surface area contributed by atoms with Crippen molar-refractivity contribution in [2.45, 2.75) is 0 Å². The summed E-state index contributed by atoms with van der Waals surface area (Å²) in [6, 6.07) is 12.6.